The minimum Gasteiger partial charge on any atom is -0.337 e. The molecule has 1 aromatic carbocycles. The number of amides is 1. The molecule has 3 heterocycles. The van der Waals surface area contributed by atoms with E-state index in [0.717, 1.165) is 37.2 Å². The highest BCUT2D eigenvalue weighted by Crippen LogP contribution is 2.25. The number of hydrogen-bond acceptors (Lipinski definition) is 5. The molecule has 0 N–H and O–H groups in total. The molecule has 4 rings (SSSR count). The largest absolute Gasteiger partial charge is 0.337 e. The molecule has 0 radical (unpaired) electrons. The molecule has 1 fully saturated rings. The Hall–Kier alpha value is -3.12. The molecule has 3 aromatic rings. The van der Waals surface area contributed by atoms with Crippen LogP contribution in [0.5, 0.6) is 0 Å². The topological polar surface area (TPSA) is 62.2 Å². The number of carbonyl (C=O) groups excluding carboxylic acids is 1. The van der Waals surface area contributed by atoms with Crippen molar-refractivity contribution < 1.29 is 4.79 Å². The number of hydrogen-bond donors (Lipinski definition) is 0. The van der Waals surface area contributed by atoms with Crippen molar-refractivity contribution in [1.82, 2.24) is 24.8 Å². The fourth-order valence-corrected chi connectivity index (χ4v) is 3.41. The summed E-state index contributed by atoms with van der Waals surface area (Å²) in [5.41, 5.74) is 2.98. The molecule has 1 aliphatic heterocycles. The Kier molecular flexibility index (Phi) is 5.39. The second kappa shape index (κ2) is 8.27. The summed E-state index contributed by atoms with van der Waals surface area (Å²) in [6, 6.07) is 13.6. The summed E-state index contributed by atoms with van der Waals surface area (Å²) in [5.74, 6) is 0.598. The van der Waals surface area contributed by atoms with Gasteiger partial charge in [0.1, 0.15) is 0 Å². The SMILES string of the molecule is CN1CCCN(C(=O)c2cnc(-c3ccccc3)nc2-c2ccncc2)CC1. The smallest absolute Gasteiger partial charge is 0.257 e. The normalized spacial score (nSPS) is 15.2. The first kappa shape index (κ1) is 18.3. The van der Waals surface area contributed by atoms with E-state index in [1.54, 1.807) is 18.6 Å². The fourth-order valence-electron chi connectivity index (χ4n) is 3.41. The van der Waals surface area contributed by atoms with Crippen LogP contribution in [0.15, 0.2) is 61.1 Å². The number of likely N-dealkylation sites (N-methyl/N-ethyl adjacent to an activating group) is 1. The second-order valence-electron chi connectivity index (χ2n) is 7.01. The zero-order valence-corrected chi connectivity index (χ0v) is 16.0. The molecule has 0 atom stereocenters. The summed E-state index contributed by atoms with van der Waals surface area (Å²) in [7, 11) is 2.09. The Morgan fingerprint density at radius 2 is 1.71 bits per heavy atom. The number of carbonyl (C=O) groups is 1. The zero-order chi connectivity index (χ0) is 19.3. The van der Waals surface area contributed by atoms with Crippen LogP contribution in [0.3, 0.4) is 0 Å². The third-order valence-electron chi connectivity index (χ3n) is 5.01. The molecule has 28 heavy (non-hydrogen) atoms. The lowest BCUT2D eigenvalue weighted by Gasteiger charge is -2.22. The van der Waals surface area contributed by atoms with Crippen LogP contribution in [-0.4, -0.2) is 63.9 Å². The van der Waals surface area contributed by atoms with Crippen molar-refractivity contribution in [1.29, 1.82) is 0 Å². The van der Waals surface area contributed by atoms with E-state index in [9.17, 15) is 4.79 Å². The third-order valence-corrected chi connectivity index (χ3v) is 5.01. The standard InChI is InChI=1S/C22H23N5O/c1-26-12-5-13-27(15-14-26)22(28)19-16-24-21(18-6-3-2-4-7-18)25-20(19)17-8-10-23-11-9-17/h2-4,6-11,16H,5,12-15H2,1H3. The molecule has 0 saturated carbocycles. The van der Waals surface area contributed by atoms with Gasteiger partial charge < -0.3 is 9.80 Å². The van der Waals surface area contributed by atoms with E-state index in [-0.39, 0.29) is 5.91 Å². The van der Waals surface area contributed by atoms with E-state index in [4.69, 9.17) is 4.98 Å². The number of pyridine rings is 1. The van der Waals surface area contributed by atoms with Crippen molar-refractivity contribution >= 4 is 5.91 Å². The molecule has 0 bridgehead atoms. The van der Waals surface area contributed by atoms with Gasteiger partial charge in [0.2, 0.25) is 0 Å². The average Bonchev–Trinajstić information content (AvgIpc) is 2.98. The number of rotatable bonds is 3. The van der Waals surface area contributed by atoms with Gasteiger partial charge in [-0.05, 0) is 32.1 Å². The predicted octanol–water partition coefficient (Wildman–Crippen LogP) is 2.98. The second-order valence-corrected chi connectivity index (χ2v) is 7.01. The predicted molar refractivity (Wildman–Crippen MR) is 109 cm³/mol. The molecule has 0 unspecified atom stereocenters. The van der Waals surface area contributed by atoms with Gasteiger partial charge in [0.25, 0.3) is 5.91 Å². The van der Waals surface area contributed by atoms with Crippen molar-refractivity contribution in [3.63, 3.8) is 0 Å². The third kappa shape index (κ3) is 3.92. The molecule has 1 aliphatic rings. The van der Waals surface area contributed by atoms with Gasteiger partial charge in [-0.15, -0.1) is 0 Å². The van der Waals surface area contributed by atoms with Gasteiger partial charge in [0.05, 0.1) is 11.3 Å². The van der Waals surface area contributed by atoms with E-state index < -0.39 is 0 Å². The summed E-state index contributed by atoms with van der Waals surface area (Å²) in [4.78, 5) is 30.8. The van der Waals surface area contributed by atoms with Crippen molar-refractivity contribution in [2.24, 2.45) is 0 Å². The molecular formula is C22H23N5O. The van der Waals surface area contributed by atoms with Gasteiger partial charge in [-0.2, -0.15) is 0 Å². The van der Waals surface area contributed by atoms with Crippen LogP contribution >= 0.6 is 0 Å². The van der Waals surface area contributed by atoms with Crippen LogP contribution in [0.25, 0.3) is 22.6 Å². The fraction of sp³-hybridized carbons (Fsp3) is 0.273. The van der Waals surface area contributed by atoms with Crippen LogP contribution in [0.4, 0.5) is 0 Å². The lowest BCUT2D eigenvalue weighted by Crippen LogP contribution is -2.35. The molecule has 142 valence electrons. The summed E-state index contributed by atoms with van der Waals surface area (Å²) < 4.78 is 0. The van der Waals surface area contributed by atoms with Gasteiger partial charge >= 0.3 is 0 Å². The highest BCUT2D eigenvalue weighted by Gasteiger charge is 2.23. The lowest BCUT2D eigenvalue weighted by molar-refractivity contribution is 0.0763. The van der Waals surface area contributed by atoms with E-state index in [1.165, 1.54) is 0 Å². The van der Waals surface area contributed by atoms with Crippen LogP contribution in [0.2, 0.25) is 0 Å². The van der Waals surface area contributed by atoms with Gasteiger partial charge in [-0.25, -0.2) is 9.97 Å². The molecular weight excluding hydrogens is 350 g/mol. The molecule has 0 spiro atoms. The minimum atomic E-state index is -0.0123. The minimum absolute atomic E-state index is 0.0123. The number of benzene rings is 1. The van der Waals surface area contributed by atoms with Gasteiger partial charge in [-0.3, -0.25) is 9.78 Å². The highest BCUT2D eigenvalue weighted by molar-refractivity contribution is 6.00. The molecule has 1 amide bonds. The first-order valence-corrected chi connectivity index (χ1v) is 9.53. The Labute approximate surface area is 164 Å². The van der Waals surface area contributed by atoms with Gasteiger partial charge in [0, 0.05) is 49.4 Å². The average molecular weight is 373 g/mol. The lowest BCUT2D eigenvalue weighted by atomic mass is 10.1. The Bertz CT molecular complexity index is 946. The van der Waals surface area contributed by atoms with E-state index >= 15 is 0 Å². The monoisotopic (exact) mass is 373 g/mol. The molecule has 0 aliphatic carbocycles. The molecule has 2 aromatic heterocycles. The van der Waals surface area contributed by atoms with Crippen LogP contribution in [-0.2, 0) is 0 Å². The van der Waals surface area contributed by atoms with Crippen molar-refractivity contribution in [3.05, 3.63) is 66.6 Å². The van der Waals surface area contributed by atoms with E-state index in [2.05, 4.69) is 21.9 Å². The maximum atomic E-state index is 13.3. The van der Waals surface area contributed by atoms with Crippen LogP contribution in [0, 0.1) is 0 Å². The van der Waals surface area contributed by atoms with Crippen molar-refractivity contribution in [3.8, 4) is 22.6 Å². The van der Waals surface area contributed by atoms with Crippen LogP contribution in [0.1, 0.15) is 16.8 Å². The highest BCUT2D eigenvalue weighted by atomic mass is 16.2. The Morgan fingerprint density at radius 3 is 2.50 bits per heavy atom. The molecule has 6 heteroatoms. The van der Waals surface area contributed by atoms with E-state index in [1.807, 2.05) is 47.4 Å². The first-order chi connectivity index (χ1) is 13.7. The van der Waals surface area contributed by atoms with Crippen molar-refractivity contribution in [2.45, 2.75) is 6.42 Å². The molecule has 1 saturated heterocycles. The first-order valence-electron chi connectivity index (χ1n) is 9.53. The van der Waals surface area contributed by atoms with Gasteiger partial charge in [0.15, 0.2) is 5.82 Å². The number of aromatic nitrogens is 3. The zero-order valence-electron chi connectivity index (χ0n) is 16.0. The molecule has 6 nitrogen and oxygen atoms in total. The van der Waals surface area contributed by atoms with Crippen molar-refractivity contribution in [2.75, 3.05) is 33.2 Å². The maximum absolute atomic E-state index is 13.3. The summed E-state index contributed by atoms with van der Waals surface area (Å²) in [5, 5.41) is 0. The van der Waals surface area contributed by atoms with Gasteiger partial charge in [-0.1, -0.05) is 30.3 Å². The Balaban J connectivity index is 1.75. The quantitative estimate of drug-likeness (QED) is 0.706. The van der Waals surface area contributed by atoms with Crippen LogP contribution < -0.4 is 0 Å². The summed E-state index contributed by atoms with van der Waals surface area (Å²) in [6.45, 7) is 3.34. The number of nitrogens with zero attached hydrogens (tertiary/aromatic N) is 5. The van der Waals surface area contributed by atoms with E-state index in [0.29, 0.717) is 23.6 Å². The summed E-state index contributed by atoms with van der Waals surface area (Å²) in [6.07, 6.45) is 6.07. The Morgan fingerprint density at radius 1 is 0.929 bits per heavy atom. The summed E-state index contributed by atoms with van der Waals surface area (Å²) >= 11 is 0. The maximum Gasteiger partial charge on any atom is 0.257 e.